The van der Waals surface area contributed by atoms with Crippen molar-refractivity contribution in [2.45, 2.75) is 38.6 Å². The molecule has 35 heavy (non-hydrogen) atoms. The first-order valence-corrected chi connectivity index (χ1v) is 14.2. The third-order valence-electron chi connectivity index (χ3n) is 5.29. The highest BCUT2D eigenvalue weighted by Gasteiger charge is 2.29. The molecule has 0 radical (unpaired) electrons. The highest BCUT2D eigenvalue weighted by atomic mass is 32.2. The lowest BCUT2D eigenvalue weighted by molar-refractivity contribution is -0.116. The first-order chi connectivity index (χ1) is 16.3. The van der Waals surface area contributed by atoms with Gasteiger partial charge in [0, 0.05) is 11.4 Å². The highest BCUT2D eigenvalue weighted by Crippen LogP contribution is 2.25. The highest BCUT2D eigenvalue weighted by molar-refractivity contribution is 7.92. The van der Waals surface area contributed by atoms with Gasteiger partial charge in [0.1, 0.15) is 6.04 Å². The average Bonchev–Trinajstić information content (AvgIpc) is 2.74. The molecular weight excluding hydrogens is 486 g/mol. The summed E-state index contributed by atoms with van der Waals surface area (Å²) in [5, 5.41) is 2.67. The zero-order valence-corrected chi connectivity index (χ0v) is 21.9. The maximum atomic E-state index is 12.9. The van der Waals surface area contributed by atoms with Crippen molar-refractivity contribution >= 4 is 43.0 Å². The molecule has 0 heterocycles. The van der Waals surface area contributed by atoms with Gasteiger partial charge in [-0.05, 0) is 87.4 Å². The van der Waals surface area contributed by atoms with E-state index >= 15 is 0 Å². The van der Waals surface area contributed by atoms with Crippen molar-refractivity contribution in [1.82, 2.24) is 0 Å². The molecule has 186 valence electrons. The summed E-state index contributed by atoms with van der Waals surface area (Å²) in [4.78, 5) is 13.0. The molecule has 0 saturated carbocycles. The molecule has 0 aliphatic rings. The van der Waals surface area contributed by atoms with Crippen LogP contribution in [0.3, 0.4) is 0 Å². The van der Waals surface area contributed by atoms with Gasteiger partial charge in [-0.3, -0.25) is 13.8 Å². The molecule has 0 aliphatic carbocycles. The number of hydrogen-bond donors (Lipinski definition) is 2. The van der Waals surface area contributed by atoms with Gasteiger partial charge in [0.15, 0.2) is 0 Å². The van der Waals surface area contributed by atoms with Gasteiger partial charge >= 0.3 is 0 Å². The van der Waals surface area contributed by atoms with Gasteiger partial charge in [-0.2, -0.15) is 0 Å². The molecule has 8 nitrogen and oxygen atoms in total. The van der Waals surface area contributed by atoms with Crippen molar-refractivity contribution in [2.75, 3.05) is 20.6 Å². The van der Waals surface area contributed by atoms with Crippen LogP contribution in [0, 0.1) is 20.8 Å². The molecular formula is C25H29N3O5S2. The van der Waals surface area contributed by atoms with Crippen LogP contribution in [0.5, 0.6) is 0 Å². The maximum absolute atomic E-state index is 12.9. The van der Waals surface area contributed by atoms with Crippen LogP contribution in [-0.4, -0.2) is 35.0 Å². The van der Waals surface area contributed by atoms with Gasteiger partial charge in [0.25, 0.3) is 10.0 Å². The number of sulfonamides is 2. The van der Waals surface area contributed by atoms with Gasteiger partial charge in [-0.15, -0.1) is 0 Å². The first kappa shape index (κ1) is 26.2. The Kier molecular flexibility index (Phi) is 7.56. The van der Waals surface area contributed by atoms with E-state index in [1.54, 1.807) is 36.4 Å². The van der Waals surface area contributed by atoms with Crippen molar-refractivity contribution in [1.29, 1.82) is 0 Å². The largest absolute Gasteiger partial charge is 0.324 e. The zero-order chi connectivity index (χ0) is 26.0. The molecule has 2 N–H and O–H groups in total. The van der Waals surface area contributed by atoms with Crippen LogP contribution in [0.4, 0.5) is 17.1 Å². The topological polar surface area (TPSA) is 113 Å². The molecule has 0 unspecified atom stereocenters. The molecule has 0 aromatic heterocycles. The molecule has 10 heteroatoms. The minimum Gasteiger partial charge on any atom is -0.324 e. The van der Waals surface area contributed by atoms with Crippen LogP contribution in [0.1, 0.15) is 23.6 Å². The minimum absolute atomic E-state index is 0.0251. The molecule has 0 bridgehead atoms. The van der Waals surface area contributed by atoms with Crippen molar-refractivity contribution in [3.63, 3.8) is 0 Å². The van der Waals surface area contributed by atoms with Crippen molar-refractivity contribution in [3.05, 3.63) is 83.4 Å². The maximum Gasteiger partial charge on any atom is 0.261 e. The lowest BCUT2D eigenvalue weighted by atomic mass is 10.1. The molecule has 3 aromatic carbocycles. The van der Waals surface area contributed by atoms with Crippen molar-refractivity contribution < 1.29 is 21.6 Å². The number of nitrogens with one attached hydrogen (secondary N) is 2. The van der Waals surface area contributed by atoms with E-state index in [1.165, 1.54) is 31.2 Å². The Morgan fingerprint density at radius 2 is 1.29 bits per heavy atom. The van der Waals surface area contributed by atoms with Gasteiger partial charge < -0.3 is 5.32 Å². The Bertz CT molecular complexity index is 1410. The van der Waals surface area contributed by atoms with E-state index in [2.05, 4.69) is 10.0 Å². The molecule has 0 aliphatic heterocycles. The lowest BCUT2D eigenvalue weighted by Crippen LogP contribution is -2.45. The summed E-state index contributed by atoms with van der Waals surface area (Å²) < 4.78 is 54.0. The van der Waals surface area contributed by atoms with Crippen molar-refractivity contribution in [2.24, 2.45) is 0 Å². The van der Waals surface area contributed by atoms with Gasteiger partial charge in [0.05, 0.1) is 16.8 Å². The number of amides is 1. The van der Waals surface area contributed by atoms with E-state index in [4.69, 9.17) is 0 Å². The third-order valence-corrected chi connectivity index (χ3v) is 7.92. The number of rotatable bonds is 8. The molecule has 3 aromatic rings. The molecule has 1 atom stereocenters. The van der Waals surface area contributed by atoms with Crippen LogP contribution in [0.15, 0.2) is 71.6 Å². The Hall–Kier alpha value is -3.37. The Morgan fingerprint density at radius 1 is 0.771 bits per heavy atom. The molecule has 0 fully saturated rings. The second-order valence-corrected chi connectivity index (χ2v) is 12.1. The molecule has 0 spiro atoms. The number of benzene rings is 3. The number of carbonyl (C=O) groups excluding carboxylic acids is 1. The van der Waals surface area contributed by atoms with Crippen molar-refractivity contribution in [3.8, 4) is 0 Å². The second-order valence-electron chi connectivity index (χ2n) is 8.57. The van der Waals surface area contributed by atoms with Gasteiger partial charge in [-0.1, -0.05) is 23.8 Å². The fourth-order valence-electron chi connectivity index (χ4n) is 3.69. The van der Waals surface area contributed by atoms with Crippen LogP contribution in [0.25, 0.3) is 0 Å². The van der Waals surface area contributed by atoms with Gasteiger partial charge in [0.2, 0.25) is 15.9 Å². The van der Waals surface area contributed by atoms with E-state index < -0.39 is 32.0 Å². The summed E-state index contributed by atoms with van der Waals surface area (Å²) in [6, 6.07) is 16.9. The number of anilines is 3. The van der Waals surface area contributed by atoms with E-state index in [-0.39, 0.29) is 4.90 Å². The number of aryl methyl sites for hydroxylation is 3. The predicted molar refractivity (Wildman–Crippen MR) is 140 cm³/mol. The number of carbonyl (C=O) groups is 1. The molecule has 3 rings (SSSR count). The normalized spacial score (nSPS) is 12.6. The average molecular weight is 516 g/mol. The fourth-order valence-corrected chi connectivity index (χ4v) is 5.90. The number of nitrogens with zero attached hydrogens (tertiary/aromatic N) is 1. The summed E-state index contributed by atoms with van der Waals surface area (Å²) in [6.07, 6.45) is 1.05. The minimum atomic E-state index is -3.82. The van der Waals surface area contributed by atoms with Crippen LogP contribution < -0.4 is 14.3 Å². The van der Waals surface area contributed by atoms with Crippen LogP contribution in [0.2, 0.25) is 0 Å². The third kappa shape index (κ3) is 6.61. The SMILES string of the molecule is Cc1ccc(NS(=O)(=O)c2ccc(NC(=O)[C@H](C)N(c3cc(C)cc(C)c3)S(C)(=O)=O)cc2)cc1. The fraction of sp³-hybridized carbons (Fsp3) is 0.240. The Morgan fingerprint density at radius 3 is 1.80 bits per heavy atom. The monoisotopic (exact) mass is 515 g/mol. The van der Waals surface area contributed by atoms with E-state index in [1.807, 2.05) is 26.8 Å². The smallest absolute Gasteiger partial charge is 0.261 e. The molecule has 0 saturated heterocycles. The summed E-state index contributed by atoms with van der Waals surface area (Å²) in [5.74, 6) is -0.553. The quantitative estimate of drug-likeness (QED) is 0.467. The molecule has 1 amide bonds. The van der Waals surface area contributed by atoms with E-state index in [9.17, 15) is 21.6 Å². The standard InChI is InChI=1S/C25H29N3O5S2/c1-17-6-8-22(9-7-17)27-35(32,33)24-12-10-21(11-13-24)26-25(29)20(4)28(34(5,30)31)23-15-18(2)14-19(3)16-23/h6-16,20,27H,1-5H3,(H,26,29)/t20-/m0/s1. The van der Waals surface area contributed by atoms with E-state index in [0.29, 0.717) is 17.1 Å². The zero-order valence-electron chi connectivity index (χ0n) is 20.2. The van der Waals surface area contributed by atoms with Crippen LogP contribution >= 0.6 is 0 Å². The van der Waals surface area contributed by atoms with Crippen LogP contribution in [-0.2, 0) is 24.8 Å². The predicted octanol–water partition coefficient (Wildman–Crippen LogP) is 4.21. The Labute approximate surface area is 207 Å². The summed E-state index contributed by atoms with van der Waals surface area (Å²) in [6.45, 7) is 7.11. The summed E-state index contributed by atoms with van der Waals surface area (Å²) >= 11 is 0. The van der Waals surface area contributed by atoms with Gasteiger partial charge in [-0.25, -0.2) is 16.8 Å². The Balaban J connectivity index is 1.78. The lowest BCUT2D eigenvalue weighted by Gasteiger charge is -2.28. The summed E-state index contributed by atoms with van der Waals surface area (Å²) in [7, 11) is -7.58. The van der Waals surface area contributed by atoms with E-state index in [0.717, 1.165) is 27.3 Å². The second kappa shape index (κ2) is 10.1. The summed E-state index contributed by atoms with van der Waals surface area (Å²) in [5.41, 5.74) is 3.93. The first-order valence-electron chi connectivity index (χ1n) is 10.8. The number of hydrogen-bond acceptors (Lipinski definition) is 5.